The number of nitrogens with one attached hydrogen (secondary N) is 1. The first kappa shape index (κ1) is 17.3. The number of carbonyl (C=O) groups excluding carboxylic acids is 2. The molecule has 1 atom stereocenters. The highest BCUT2D eigenvalue weighted by Gasteiger charge is 2.24. The standard InChI is InChI=1S/C18H25NO4/c1-12(17(21)22-11-16(20)19-14-7-8-14)23-15-9-5-13(6-10-15)18(2,3)4/h5-6,9-10,12,14H,7-8,11H2,1-4H3,(H,19,20)/t12-/m0/s1. The van der Waals surface area contributed by atoms with Crippen LogP contribution in [0, 0.1) is 0 Å². The molecular weight excluding hydrogens is 294 g/mol. The predicted octanol–water partition coefficient (Wildman–Crippen LogP) is 2.57. The highest BCUT2D eigenvalue weighted by molar-refractivity contribution is 5.82. The lowest BCUT2D eigenvalue weighted by atomic mass is 9.87. The molecule has 1 aliphatic carbocycles. The van der Waals surface area contributed by atoms with Gasteiger partial charge < -0.3 is 14.8 Å². The number of benzene rings is 1. The Labute approximate surface area is 137 Å². The SMILES string of the molecule is C[C@H](Oc1ccc(C(C)(C)C)cc1)C(=O)OCC(=O)NC1CC1. The Bertz CT molecular complexity index is 555. The fraction of sp³-hybridized carbons (Fsp3) is 0.556. The van der Waals surface area contributed by atoms with Crippen LogP contribution in [0.2, 0.25) is 0 Å². The molecule has 5 nitrogen and oxygen atoms in total. The van der Waals surface area contributed by atoms with Gasteiger partial charge in [0.25, 0.3) is 5.91 Å². The smallest absolute Gasteiger partial charge is 0.347 e. The van der Waals surface area contributed by atoms with E-state index in [1.165, 1.54) is 5.56 Å². The van der Waals surface area contributed by atoms with E-state index < -0.39 is 12.1 Å². The lowest BCUT2D eigenvalue weighted by molar-refractivity contribution is -0.154. The Morgan fingerprint density at radius 1 is 1.22 bits per heavy atom. The largest absolute Gasteiger partial charge is 0.479 e. The van der Waals surface area contributed by atoms with Crippen molar-refractivity contribution in [3.63, 3.8) is 0 Å². The van der Waals surface area contributed by atoms with Crippen LogP contribution in [0.1, 0.15) is 46.1 Å². The Kier molecular flexibility index (Phi) is 5.29. The minimum absolute atomic E-state index is 0.0675. The van der Waals surface area contributed by atoms with Gasteiger partial charge >= 0.3 is 5.97 Å². The van der Waals surface area contributed by atoms with Crippen molar-refractivity contribution >= 4 is 11.9 Å². The predicted molar refractivity (Wildman–Crippen MR) is 87.4 cm³/mol. The molecule has 126 valence electrons. The molecule has 1 aromatic carbocycles. The summed E-state index contributed by atoms with van der Waals surface area (Å²) in [4.78, 5) is 23.3. The van der Waals surface area contributed by atoms with Crippen LogP contribution in [0.15, 0.2) is 24.3 Å². The molecular formula is C18H25NO4. The molecule has 0 bridgehead atoms. The number of ether oxygens (including phenoxy) is 2. The quantitative estimate of drug-likeness (QED) is 0.819. The fourth-order valence-corrected chi connectivity index (χ4v) is 2.04. The van der Waals surface area contributed by atoms with Crippen LogP contribution in [-0.4, -0.2) is 30.6 Å². The summed E-state index contributed by atoms with van der Waals surface area (Å²) < 4.78 is 10.5. The number of carbonyl (C=O) groups is 2. The van der Waals surface area contributed by atoms with E-state index in [2.05, 4.69) is 26.1 Å². The molecule has 0 aliphatic heterocycles. The van der Waals surface area contributed by atoms with Crippen LogP contribution in [0.25, 0.3) is 0 Å². The van der Waals surface area contributed by atoms with Gasteiger partial charge in [0.15, 0.2) is 12.7 Å². The van der Waals surface area contributed by atoms with Crippen LogP contribution >= 0.6 is 0 Å². The number of esters is 1. The van der Waals surface area contributed by atoms with Gasteiger partial charge in [-0.25, -0.2) is 4.79 Å². The van der Waals surface area contributed by atoms with Crippen molar-refractivity contribution in [1.29, 1.82) is 0 Å². The minimum atomic E-state index is -0.760. The number of rotatable bonds is 6. The third-order valence-electron chi connectivity index (χ3n) is 3.65. The van der Waals surface area contributed by atoms with Gasteiger partial charge in [-0.15, -0.1) is 0 Å². The summed E-state index contributed by atoms with van der Waals surface area (Å²) in [5.41, 5.74) is 1.26. The van der Waals surface area contributed by atoms with Gasteiger partial charge in [-0.2, -0.15) is 0 Å². The van der Waals surface area contributed by atoms with Crippen LogP contribution in [0.5, 0.6) is 5.75 Å². The first-order valence-electron chi connectivity index (χ1n) is 7.99. The molecule has 1 saturated carbocycles. The van der Waals surface area contributed by atoms with E-state index in [1.54, 1.807) is 6.92 Å². The van der Waals surface area contributed by atoms with Crippen LogP contribution < -0.4 is 10.1 Å². The lowest BCUT2D eigenvalue weighted by Gasteiger charge is -2.20. The topological polar surface area (TPSA) is 64.6 Å². The highest BCUT2D eigenvalue weighted by atomic mass is 16.6. The summed E-state index contributed by atoms with van der Waals surface area (Å²) in [7, 11) is 0. The van der Waals surface area contributed by atoms with Crippen molar-refractivity contribution in [3.05, 3.63) is 29.8 Å². The van der Waals surface area contributed by atoms with Crippen molar-refractivity contribution in [3.8, 4) is 5.75 Å². The van der Waals surface area contributed by atoms with Crippen molar-refractivity contribution in [2.75, 3.05) is 6.61 Å². The Morgan fingerprint density at radius 2 is 1.83 bits per heavy atom. The Morgan fingerprint density at radius 3 is 2.35 bits per heavy atom. The highest BCUT2D eigenvalue weighted by Crippen LogP contribution is 2.24. The number of hydrogen-bond acceptors (Lipinski definition) is 4. The molecule has 1 aliphatic rings. The Balaban J connectivity index is 1.79. The summed E-state index contributed by atoms with van der Waals surface area (Å²) in [6, 6.07) is 7.90. The molecule has 2 rings (SSSR count). The molecule has 1 N–H and O–H groups in total. The summed E-state index contributed by atoms with van der Waals surface area (Å²) in [5.74, 6) is -0.205. The average molecular weight is 319 g/mol. The summed E-state index contributed by atoms with van der Waals surface area (Å²) in [6.07, 6.45) is 1.25. The first-order chi connectivity index (χ1) is 10.8. The second-order valence-electron chi connectivity index (χ2n) is 6.98. The first-order valence-corrected chi connectivity index (χ1v) is 7.99. The van der Waals surface area contributed by atoms with E-state index >= 15 is 0 Å². The zero-order chi connectivity index (χ0) is 17.0. The van der Waals surface area contributed by atoms with Gasteiger partial charge in [0.05, 0.1) is 0 Å². The monoisotopic (exact) mass is 319 g/mol. The van der Waals surface area contributed by atoms with Crippen LogP contribution in [0.3, 0.4) is 0 Å². The molecule has 1 fully saturated rings. The molecule has 0 spiro atoms. The minimum Gasteiger partial charge on any atom is -0.479 e. The van der Waals surface area contributed by atoms with E-state index in [0.29, 0.717) is 5.75 Å². The molecule has 0 heterocycles. The number of amides is 1. The third kappa shape index (κ3) is 5.58. The average Bonchev–Trinajstić information content (AvgIpc) is 3.28. The summed E-state index contributed by atoms with van der Waals surface area (Å²) >= 11 is 0. The summed E-state index contributed by atoms with van der Waals surface area (Å²) in [6.45, 7) is 7.76. The molecule has 0 saturated heterocycles. The van der Waals surface area contributed by atoms with E-state index in [9.17, 15) is 9.59 Å². The molecule has 5 heteroatoms. The zero-order valence-electron chi connectivity index (χ0n) is 14.2. The van der Waals surface area contributed by atoms with Crippen molar-refractivity contribution in [1.82, 2.24) is 5.32 Å². The number of hydrogen-bond donors (Lipinski definition) is 1. The maximum absolute atomic E-state index is 11.9. The lowest BCUT2D eigenvalue weighted by Crippen LogP contribution is -2.33. The van der Waals surface area contributed by atoms with Gasteiger partial charge in [-0.1, -0.05) is 32.9 Å². The van der Waals surface area contributed by atoms with Gasteiger partial charge in [0.1, 0.15) is 5.75 Å². The van der Waals surface area contributed by atoms with E-state index in [0.717, 1.165) is 12.8 Å². The summed E-state index contributed by atoms with van der Waals surface area (Å²) in [5, 5.41) is 2.76. The van der Waals surface area contributed by atoms with E-state index in [-0.39, 0.29) is 24.0 Å². The van der Waals surface area contributed by atoms with Crippen LogP contribution in [-0.2, 0) is 19.7 Å². The van der Waals surface area contributed by atoms with Gasteiger partial charge in [-0.05, 0) is 42.9 Å². The molecule has 1 amide bonds. The molecule has 0 unspecified atom stereocenters. The van der Waals surface area contributed by atoms with Gasteiger partial charge in [0.2, 0.25) is 0 Å². The van der Waals surface area contributed by atoms with Crippen molar-refractivity contribution in [2.24, 2.45) is 0 Å². The maximum Gasteiger partial charge on any atom is 0.347 e. The molecule has 23 heavy (non-hydrogen) atoms. The normalized spacial score (nSPS) is 15.7. The van der Waals surface area contributed by atoms with Gasteiger partial charge in [0, 0.05) is 6.04 Å². The molecule has 0 aromatic heterocycles. The maximum atomic E-state index is 11.9. The van der Waals surface area contributed by atoms with Crippen molar-refractivity contribution in [2.45, 2.75) is 58.1 Å². The van der Waals surface area contributed by atoms with E-state index in [1.807, 2.05) is 24.3 Å². The van der Waals surface area contributed by atoms with Crippen molar-refractivity contribution < 1.29 is 19.1 Å². The van der Waals surface area contributed by atoms with Crippen LogP contribution in [0.4, 0.5) is 0 Å². The second kappa shape index (κ2) is 7.02. The third-order valence-corrected chi connectivity index (χ3v) is 3.65. The second-order valence-corrected chi connectivity index (χ2v) is 6.98. The molecule has 1 aromatic rings. The zero-order valence-corrected chi connectivity index (χ0v) is 14.2. The Hall–Kier alpha value is -2.04. The molecule has 0 radical (unpaired) electrons. The fourth-order valence-electron chi connectivity index (χ4n) is 2.04. The van der Waals surface area contributed by atoms with Gasteiger partial charge in [-0.3, -0.25) is 4.79 Å². The van der Waals surface area contributed by atoms with E-state index in [4.69, 9.17) is 9.47 Å².